The van der Waals surface area contributed by atoms with Gasteiger partial charge in [-0.2, -0.15) is 0 Å². The first-order valence-corrected chi connectivity index (χ1v) is 7.28. The van der Waals surface area contributed by atoms with Gasteiger partial charge in [-0.25, -0.2) is 0 Å². The molecule has 0 amide bonds. The fourth-order valence-electron chi connectivity index (χ4n) is 2.70. The maximum absolute atomic E-state index is 10.6. The van der Waals surface area contributed by atoms with Crippen LogP contribution >= 0.6 is 0 Å². The average molecular weight is 284 g/mol. The molecule has 0 saturated carbocycles. The molecule has 3 nitrogen and oxygen atoms in total. The molecule has 0 saturated heterocycles. The summed E-state index contributed by atoms with van der Waals surface area (Å²) in [4.78, 5) is 0. The molecule has 1 N–H and O–H groups in total. The number of hydrogen-bond donors (Lipinski definition) is 1. The Morgan fingerprint density at radius 2 is 1.90 bits per heavy atom. The Morgan fingerprint density at radius 3 is 2.76 bits per heavy atom. The number of aliphatic hydroxyl groups excluding tert-OH is 1. The van der Waals surface area contributed by atoms with Crippen molar-refractivity contribution in [2.75, 3.05) is 13.2 Å². The first-order chi connectivity index (χ1) is 10.1. The summed E-state index contributed by atoms with van der Waals surface area (Å²) in [6.07, 6.45) is -0.0185. The summed E-state index contributed by atoms with van der Waals surface area (Å²) in [5.41, 5.74) is 4.36. The molecule has 3 rings (SSSR count). The Bertz CT molecular complexity index is 649. The van der Waals surface area contributed by atoms with E-state index < -0.39 is 6.10 Å². The highest BCUT2D eigenvalue weighted by Gasteiger charge is 2.21. The quantitative estimate of drug-likeness (QED) is 0.939. The van der Waals surface area contributed by atoms with Crippen LogP contribution in [0.4, 0.5) is 0 Å². The summed E-state index contributed by atoms with van der Waals surface area (Å²) >= 11 is 0. The van der Waals surface area contributed by atoms with Crippen LogP contribution in [0, 0.1) is 13.8 Å². The molecule has 0 aromatic heterocycles. The first-order valence-electron chi connectivity index (χ1n) is 7.28. The fraction of sp³-hybridized carbons (Fsp3) is 0.333. The van der Waals surface area contributed by atoms with Gasteiger partial charge in [-0.15, -0.1) is 0 Å². The van der Waals surface area contributed by atoms with Gasteiger partial charge in [-0.1, -0.05) is 35.9 Å². The summed E-state index contributed by atoms with van der Waals surface area (Å²) in [6.45, 7) is 5.22. The second-order valence-corrected chi connectivity index (χ2v) is 5.52. The van der Waals surface area contributed by atoms with E-state index in [1.54, 1.807) is 0 Å². The van der Waals surface area contributed by atoms with Crippen LogP contribution in [0.25, 0.3) is 0 Å². The van der Waals surface area contributed by atoms with Gasteiger partial charge in [0.2, 0.25) is 0 Å². The van der Waals surface area contributed by atoms with Gasteiger partial charge in [0.25, 0.3) is 0 Å². The molecule has 1 aliphatic rings. The van der Waals surface area contributed by atoms with E-state index in [9.17, 15) is 5.11 Å². The first kappa shape index (κ1) is 14.0. The Kier molecular flexibility index (Phi) is 3.84. The summed E-state index contributed by atoms with van der Waals surface area (Å²) < 4.78 is 11.3. The van der Waals surface area contributed by atoms with Crippen molar-refractivity contribution in [1.29, 1.82) is 0 Å². The van der Waals surface area contributed by atoms with Crippen molar-refractivity contribution in [2.45, 2.75) is 26.4 Å². The number of fused-ring (bicyclic) bond motifs is 1. The van der Waals surface area contributed by atoms with E-state index in [4.69, 9.17) is 9.47 Å². The Hall–Kier alpha value is -2.00. The van der Waals surface area contributed by atoms with Crippen LogP contribution in [0.1, 0.15) is 28.4 Å². The van der Waals surface area contributed by atoms with Crippen molar-refractivity contribution in [2.24, 2.45) is 0 Å². The molecule has 0 fully saturated rings. The number of para-hydroxylation sites is 1. The number of rotatable bonds is 3. The summed E-state index contributed by atoms with van der Waals surface area (Å²) in [5.74, 6) is 1.40. The van der Waals surface area contributed by atoms with E-state index in [-0.39, 0.29) is 0 Å². The summed E-state index contributed by atoms with van der Waals surface area (Å²) in [5, 5.41) is 10.6. The van der Waals surface area contributed by atoms with Gasteiger partial charge in [0, 0.05) is 12.0 Å². The molecule has 0 aliphatic carbocycles. The van der Waals surface area contributed by atoms with E-state index in [1.807, 2.05) is 18.2 Å². The van der Waals surface area contributed by atoms with Gasteiger partial charge in [0.15, 0.2) is 11.5 Å². The molecule has 2 aromatic carbocycles. The highest BCUT2D eigenvalue weighted by molar-refractivity contribution is 5.49. The molecule has 1 heterocycles. The minimum Gasteiger partial charge on any atom is -0.486 e. The molecular weight excluding hydrogens is 264 g/mol. The molecule has 2 aromatic rings. The molecule has 1 atom stereocenters. The summed E-state index contributed by atoms with van der Waals surface area (Å²) in [6, 6.07) is 12.0. The number of hydrogen-bond acceptors (Lipinski definition) is 3. The fourth-order valence-corrected chi connectivity index (χ4v) is 2.70. The number of benzene rings is 2. The molecule has 1 aliphatic heterocycles. The normalized spacial score (nSPS) is 14.8. The van der Waals surface area contributed by atoms with Gasteiger partial charge >= 0.3 is 0 Å². The number of aryl methyl sites for hydroxylation is 2. The van der Waals surface area contributed by atoms with Crippen molar-refractivity contribution in [3.05, 3.63) is 58.7 Å². The molecule has 0 bridgehead atoms. The number of aliphatic hydroxyl groups is 1. The minimum atomic E-state index is -0.595. The van der Waals surface area contributed by atoms with Crippen LogP contribution in [0.2, 0.25) is 0 Å². The van der Waals surface area contributed by atoms with Crippen molar-refractivity contribution >= 4 is 0 Å². The second-order valence-electron chi connectivity index (χ2n) is 5.52. The van der Waals surface area contributed by atoms with Gasteiger partial charge in [-0.3, -0.25) is 0 Å². The van der Waals surface area contributed by atoms with E-state index >= 15 is 0 Å². The summed E-state index contributed by atoms with van der Waals surface area (Å²) in [7, 11) is 0. The minimum absolute atomic E-state index is 0.528. The molecular formula is C18H20O3. The van der Waals surface area contributed by atoms with E-state index in [1.165, 1.54) is 11.1 Å². The lowest BCUT2D eigenvalue weighted by atomic mass is 9.96. The molecule has 3 heteroatoms. The predicted molar refractivity (Wildman–Crippen MR) is 82.0 cm³/mol. The van der Waals surface area contributed by atoms with E-state index in [0.29, 0.717) is 25.4 Å². The topological polar surface area (TPSA) is 38.7 Å². The zero-order valence-electron chi connectivity index (χ0n) is 12.4. The molecule has 110 valence electrons. The van der Waals surface area contributed by atoms with Gasteiger partial charge in [0.1, 0.15) is 13.2 Å². The SMILES string of the molecule is Cc1ccc(C)c(CC(O)c2cccc3c2OCCO3)c1. The molecule has 0 spiro atoms. The third-order valence-corrected chi connectivity index (χ3v) is 3.87. The Morgan fingerprint density at radius 1 is 1.10 bits per heavy atom. The monoisotopic (exact) mass is 284 g/mol. The van der Waals surface area contributed by atoms with Crippen LogP contribution < -0.4 is 9.47 Å². The third kappa shape index (κ3) is 2.88. The van der Waals surface area contributed by atoms with Gasteiger partial charge in [-0.05, 0) is 31.0 Å². The molecule has 21 heavy (non-hydrogen) atoms. The zero-order valence-corrected chi connectivity index (χ0v) is 12.4. The van der Waals surface area contributed by atoms with Crippen molar-refractivity contribution in [1.82, 2.24) is 0 Å². The van der Waals surface area contributed by atoms with Crippen LogP contribution in [0.15, 0.2) is 36.4 Å². The van der Waals surface area contributed by atoms with E-state index in [2.05, 4.69) is 32.0 Å². The van der Waals surface area contributed by atoms with E-state index in [0.717, 1.165) is 16.9 Å². The largest absolute Gasteiger partial charge is 0.486 e. The standard InChI is InChI=1S/C18H20O3/c1-12-6-7-13(2)14(10-12)11-16(19)15-4-3-5-17-18(15)21-9-8-20-17/h3-7,10,16,19H,8-9,11H2,1-2H3. The molecule has 0 radical (unpaired) electrons. The molecule has 1 unspecified atom stereocenters. The Labute approximate surface area is 125 Å². The van der Waals surface area contributed by atoms with Crippen LogP contribution in [-0.4, -0.2) is 18.3 Å². The smallest absolute Gasteiger partial charge is 0.167 e. The van der Waals surface area contributed by atoms with Crippen molar-refractivity contribution in [3.8, 4) is 11.5 Å². The lowest BCUT2D eigenvalue weighted by Crippen LogP contribution is -2.17. The van der Waals surface area contributed by atoms with Gasteiger partial charge < -0.3 is 14.6 Å². The Balaban J connectivity index is 1.89. The highest BCUT2D eigenvalue weighted by atomic mass is 16.6. The maximum Gasteiger partial charge on any atom is 0.167 e. The maximum atomic E-state index is 10.6. The van der Waals surface area contributed by atoms with Crippen LogP contribution in [-0.2, 0) is 6.42 Å². The lowest BCUT2D eigenvalue weighted by molar-refractivity contribution is 0.146. The van der Waals surface area contributed by atoms with Crippen molar-refractivity contribution < 1.29 is 14.6 Å². The second kappa shape index (κ2) is 5.78. The van der Waals surface area contributed by atoms with Crippen molar-refractivity contribution in [3.63, 3.8) is 0 Å². The lowest BCUT2D eigenvalue weighted by Gasteiger charge is -2.23. The van der Waals surface area contributed by atoms with Crippen LogP contribution in [0.5, 0.6) is 11.5 Å². The third-order valence-electron chi connectivity index (χ3n) is 3.87. The number of ether oxygens (including phenoxy) is 2. The zero-order chi connectivity index (χ0) is 14.8. The van der Waals surface area contributed by atoms with Gasteiger partial charge in [0.05, 0.1) is 6.10 Å². The average Bonchev–Trinajstić information content (AvgIpc) is 2.50. The predicted octanol–water partition coefficient (Wildman–Crippen LogP) is 3.35. The van der Waals surface area contributed by atoms with Crippen LogP contribution in [0.3, 0.4) is 0 Å². The highest BCUT2D eigenvalue weighted by Crippen LogP contribution is 2.38.